The van der Waals surface area contributed by atoms with E-state index in [0.717, 1.165) is 29.1 Å². The van der Waals surface area contributed by atoms with Gasteiger partial charge in [0, 0.05) is 30.9 Å². The molecular weight excluding hydrogens is 320 g/mol. The number of carbonyl (C=O) groups excluding carboxylic acids is 1. The summed E-state index contributed by atoms with van der Waals surface area (Å²) in [6.45, 7) is 7.69. The highest BCUT2D eigenvalue weighted by atomic mass is 16.5. The second-order valence-electron chi connectivity index (χ2n) is 5.69. The SMILES string of the molecule is CCn1nc(C)c(CNC(=O)NCc2ccc(OC)c(OC)c2)c1C. The maximum Gasteiger partial charge on any atom is 0.315 e. The van der Waals surface area contributed by atoms with Crippen LogP contribution in [0.5, 0.6) is 11.5 Å². The minimum atomic E-state index is -0.224. The van der Waals surface area contributed by atoms with Crippen LogP contribution in [0.15, 0.2) is 18.2 Å². The average molecular weight is 346 g/mol. The third-order valence-corrected chi connectivity index (χ3v) is 4.16. The molecule has 0 atom stereocenters. The minimum Gasteiger partial charge on any atom is -0.493 e. The summed E-state index contributed by atoms with van der Waals surface area (Å²) >= 11 is 0. The molecule has 0 unspecified atom stereocenters. The van der Waals surface area contributed by atoms with Gasteiger partial charge < -0.3 is 20.1 Å². The Bertz CT molecular complexity index is 740. The first-order valence-corrected chi connectivity index (χ1v) is 8.25. The van der Waals surface area contributed by atoms with E-state index in [9.17, 15) is 4.79 Å². The smallest absolute Gasteiger partial charge is 0.315 e. The summed E-state index contributed by atoms with van der Waals surface area (Å²) in [6.07, 6.45) is 0. The molecule has 0 aliphatic rings. The number of nitrogens with zero attached hydrogens (tertiary/aromatic N) is 2. The number of amides is 2. The molecule has 0 aliphatic heterocycles. The summed E-state index contributed by atoms with van der Waals surface area (Å²) in [6, 6.07) is 5.33. The summed E-state index contributed by atoms with van der Waals surface area (Å²) in [5, 5.41) is 10.2. The molecule has 0 spiro atoms. The molecule has 1 aromatic carbocycles. The fraction of sp³-hybridized carbons (Fsp3) is 0.444. The van der Waals surface area contributed by atoms with Gasteiger partial charge in [0.15, 0.2) is 11.5 Å². The van der Waals surface area contributed by atoms with E-state index in [1.165, 1.54) is 0 Å². The maximum absolute atomic E-state index is 12.1. The summed E-state index contributed by atoms with van der Waals surface area (Å²) in [7, 11) is 3.18. The molecule has 2 rings (SSSR count). The number of aryl methyl sites for hydroxylation is 2. The van der Waals surface area contributed by atoms with Crippen molar-refractivity contribution in [2.24, 2.45) is 0 Å². The zero-order valence-corrected chi connectivity index (χ0v) is 15.5. The van der Waals surface area contributed by atoms with Gasteiger partial charge in [-0.15, -0.1) is 0 Å². The normalized spacial score (nSPS) is 10.4. The van der Waals surface area contributed by atoms with Crippen molar-refractivity contribution >= 4 is 6.03 Å². The highest BCUT2D eigenvalue weighted by Gasteiger charge is 2.12. The van der Waals surface area contributed by atoms with Gasteiger partial charge in [0.25, 0.3) is 0 Å². The third kappa shape index (κ3) is 4.43. The van der Waals surface area contributed by atoms with E-state index in [4.69, 9.17) is 9.47 Å². The average Bonchev–Trinajstić information content (AvgIpc) is 2.91. The van der Waals surface area contributed by atoms with E-state index >= 15 is 0 Å². The molecule has 25 heavy (non-hydrogen) atoms. The van der Waals surface area contributed by atoms with Crippen molar-refractivity contribution in [1.29, 1.82) is 0 Å². The van der Waals surface area contributed by atoms with Crippen molar-refractivity contribution in [2.75, 3.05) is 14.2 Å². The number of ether oxygens (including phenoxy) is 2. The number of methoxy groups -OCH3 is 2. The molecule has 0 fully saturated rings. The van der Waals surface area contributed by atoms with E-state index in [0.29, 0.717) is 24.6 Å². The lowest BCUT2D eigenvalue weighted by atomic mass is 10.2. The lowest BCUT2D eigenvalue weighted by Gasteiger charge is -2.11. The largest absolute Gasteiger partial charge is 0.493 e. The Morgan fingerprint density at radius 2 is 1.80 bits per heavy atom. The van der Waals surface area contributed by atoms with Crippen LogP contribution in [0.1, 0.15) is 29.4 Å². The Morgan fingerprint density at radius 1 is 1.12 bits per heavy atom. The fourth-order valence-corrected chi connectivity index (χ4v) is 2.70. The fourth-order valence-electron chi connectivity index (χ4n) is 2.70. The second-order valence-corrected chi connectivity index (χ2v) is 5.69. The van der Waals surface area contributed by atoms with Crippen LogP contribution in [0, 0.1) is 13.8 Å². The zero-order chi connectivity index (χ0) is 18.4. The van der Waals surface area contributed by atoms with Crippen molar-refractivity contribution in [3.05, 3.63) is 40.7 Å². The van der Waals surface area contributed by atoms with Gasteiger partial charge in [0.2, 0.25) is 0 Å². The van der Waals surface area contributed by atoms with Crippen LogP contribution in [0.4, 0.5) is 4.79 Å². The number of aromatic nitrogens is 2. The molecule has 136 valence electrons. The molecule has 1 heterocycles. The van der Waals surface area contributed by atoms with E-state index in [1.807, 2.05) is 43.7 Å². The number of urea groups is 1. The van der Waals surface area contributed by atoms with E-state index in [1.54, 1.807) is 14.2 Å². The van der Waals surface area contributed by atoms with Crippen LogP contribution in [0.2, 0.25) is 0 Å². The van der Waals surface area contributed by atoms with E-state index in [-0.39, 0.29) is 6.03 Å². The van der Waals surface area contributed by atoms with Crippen LogP contribution < -0.4 is 20.1 Å². The molecule has 2 aromatic rings. The molecule has 2 amide bonds. The highest BCUT2D eigenvalue weighted by Crippen LogP contribution is 2.27. The van der Waals surface area contributed by atoms with Crippen molar-refractivity contribution in [3.8, 4) is 11.5 Å². The first-order valence-electron chi connectivity index (χ1n) is 8.25. The molecular formula is C18H26N4O3. The highest BCUT2D eigenvalue weighted by molar-refractivity contribution is 5.73. The predicted octanol–water partition coefficient (Wildman–Crippen LogP) is 2.54. The van der Waals surface area contributed by atoms with Gasteiger partial charge in [-0.25, -0.2) is 4.79 Å². The molecule has 0 aliphatic carbocycles. The Morgan fingerprint density at radius 3 is 2.40 bits per heavy atom. The molecule has 7 heteroatoms. The number of carbonyl (C=O) groups is 1. The lowest BCUT2D eigenvalue weighted by Crippen LogP contribution is -2.34. The van der Waals surface area contributed by atoms with E-state index in [2.05, 4.69) is 15.7 Å². The van der Waals surface area contributed by atoms with Crippen LogP contribution in [-0.2, 0) is 19.6 Å². The molecule has 0 saturated heterocycles. The Balaban J connectivity index is 1.90. The monoisotopic (exact) mass is 346 g/mol. The third-order valence-electron chi connectivity index (χ3n) is 4.16. The van der Waals surface area contributed by atoms with Crippen molar-refractivity contribution in [2.45, 2.75) is 40.4 Å². The van der Waals surface area contributed by atoms with Crippen molar-refractivity contribution in [3.63, 3.8) is 0 Å². The first-order chi connectivity index (χ1) is 12.0. The molecule has 0 radical (unpaired) electrons. The predicted molar refractivity (Wildman–Crippen MR) is 96.0 cm³/mol. The standard InChI is InChI=1S/C18H26N4O3/c1-6-22-13(3)15(12(2)21-22)11-20-18(23)19-10-14-7-8-16(24-4)17(9-14)25-5/h7-9H,6,10-11H2,1-5H3,(H2,19,20,23). The molecule has 2 N–H and O–H groups in total. The van der Waals surface area contributed by atoms with Gasteiger partial charge in [0.05, 0.1) is 19.9 Å². The summed E-state index contributed by atoms with van der Waals surface area (Å²) in [5.41, 5.74) is 4.02. The van der Waals surface area contributed by atoms with Crippen LogP contribution in [-0.4, -0.2) is 30.0 Å². The van der Waals surface area contributed by atoms with Crippen LogP contribution in [0.25, 0.3) is 0 Å². The summed E-state index contributed by atoms with van der Waals surface area (Å²) in [4.78, 5) is 12.1. The number of rotatable bonds is 7. The molecule has 0 saturated carbocycles. The van der Waals surface area contributed by atoms with Gasteiger partial charge in [-0.2, -0.15) is 5.10 Å². The Hall–Kier alpha value is -2.70. The van der Waals surface area contributed by atoms with Gasteiger partial charge in [0.1, 0.15) is 0 Å². The van der Waals surface area contributed by atoms with Gasteiger partial charge >= 0.3 is 6.03 Å². The van der Waals surface area contributed by atoms with Crippen LogP contribution in [0.3, 0.4) is 0 Å². The van der Waals surface area contributed by atoms with E-state index < -0.39 is 0 Å². The van der Waals surface area contributed by atoms with Gasteiger partial charge in [-0.1, -0.05) is 6.07 Å². The number of benzene rings is 1. The number of hydrogen-bond donors (Lipinski definition) is 2. The molecule has 0 bridgehead atoms. The lowest BCUT2D eigenvalue weighted by molar-refractivity contribution is 0.240. The minimum absolute atomic E-state index is 0.224. The molecule has 7 nitrogen and oxygen atoms in total. The zero-order valence-electron chi connectivity index (χ0n) is 15.5. The van der Waals surface area contributed by atoms with Gasteiger partial charge in [-0.3, -0.25) is 4.68 Å². The number of hydrogen-bond acceptors (Lipinski definition) is 4. The second kappa shape index (κ2) is 8.41. The quantitative estimate of drug-likeness (QED) is 0.808. The summed E-state index contributed by atoms with van der Waals surface area (Å²) in [5.74, 6) is 1.30. The van der Waals surface area contributed by atoms with Crippen LogP contribution >= 0.6 is 0 Å². The maximum atomic E-state index is 12.1. The summed E-state index contributed by atoms with van der Waals surface area (Å²) < 4.78 is 12.4. The Kier molecular flexibility index (Phi) is 6.27. The van der Waals surface area contributed by atoms with Crippen molar-refractivity contribution in [1.82, 2.24) is 20.4 Å². The van der Waals surface area contributed by atoms with Gasteiger partial charge in [-0.05, 0) is 38.5 Å². The van der Waals surface area contributed by atoms with Crippen molar-refractivity contribution < 1.29 is 14.3 Å². The topological polar surface area (TPSA) is 77.4 Å². The molecule has 1 aromatic heterocycles. The Labute approximate surface area is 148 Å². The number of nitrogens with one attached hydrogen (secondary N) is 2. The first kappa shape index (κ1) is 18.6.